The first-order chi connectivity index (χ1) is 11.1. The van der Waals surface area contributed by atoms with E-state index in [-0.39, 0.29) is 31.9 Å². The van der Waals surface area contributed by atoms with Gasteiger partial charge in [-0.1, -0.05) is 40.9 Å². The van der Waals surface area contributed by atoms with Gasteiger partial charge < -0.3 is 10.2 Å². The van der Waals surface area contributed by atoms with Crippen LogP contribution in [-0.2, 0) is 0 Å². The maximum absolute atomic E-state index is 10.4. The lowest BCUT2D eigenvalue weighted by Crippen LogP contribution is -1.98. The number of nitro groups is 1. The zero-order valence-corrected chi connectivity index (χ0v) is 13.8. The first kappa shape index (κ1) is 19.7. The third kappa shape index (κ3) is 5.09. The first-order valence-electron chi connectivity index (χ1n) is 5.99. The molecule has 0 unspecified atom stereocenters. The molecular formula is C14H8Cl3NO6. The molecule has 0 amide bonds. The molecule has 0 saturated heterocycles. The van der Waals surface area contributed by atoms with Gasteiger partial charge in [0.05, 0.1) is 31.1 Å². The highest BCUT2D eigenvalue weighted by atomic mass is 35.5. The predicted octanol–water partition coefficient (Wildman–Crippen LogP) is 4.64. The number of carboxylic acid groups (broad SMARTS) is 2. The number of benzene rings is 2. The number of hydrogen-bond donors (Lipinski definition) is 2. The quantitative estimate of drug-likeness (QED) is 0.580. The minimum Gasteiger partial charge on any atom is -0.478 e. The summed E-state index contributed by atoms with van der Waals surface area (Å²) in [6.45, 7) is 0. The Kier molecular flexibility index (Phi) is 6.97. The number of non-ortho nitro benzene ring substituents is 1. The molecule has 10 heteroatoms. The summed E-state index contributed by atoms with van der Waals surface area (Å²) >= 11 is 16.6. The molecule has 2 aromatic carbocycles. The molecule has 0 heterocycles. The van der Waals surface area contributed by atoms with E-state index >= 15 is 0 Å². The smallest absolute Gasteiger partial charge is 0.337 e. The Bertz CT molecular complexity index is 809. The molecule has 126 valence electrons. The molecular weight excluding hydrogens is 385 g/mol. The molecule has 0 fully saturated rings. The van der Waals surface area contributed by atoms with Crippen molar-refractivity contribution in [1.82, 2.24) is 0 Å². The van der Waals surface area contributed by atoms with Crippen LogP contribution in [0.3, 0.4) is 0 Å². The average molecular weight is 393 g/mol. The lowest BCUT2D eigenvalue weighted by Gasteiger charge is -1.98. The van der Waals surface area contributed by atoms with E-state index in [9.17, 15) is 19.7 Å². The molecule has 0 saturated carbocycles. The van der Waals surface area contributed by atoms with Gasteiger partial charge in [0.15, 0.2) is 0 Å². The van der Waals surface area contributed by atoms with Crippen LogP contribution in [-0.4, -0.2) is 27.1 Å². The Morgan fingerprint density at radius 3 is 1.92 bits per heavy atom. The Morgan fingerprint density at radius 1 is 0.917 bits per heavy atom. The van der Waals surface area contributed by atoms with Gasteiger partial charge in [0, 0.05) is 12.1 Å². The number of carbonyl (C=O) groups is 2. The van der Waals surface area contributed by atoms with E-state index < -0.39 is 16.9 Å². The summed E-state index contributed by atoms with van der Waals surface area (Å²) in [5.41, 5.74) is -0.346. The van der Waals surface area contributed by atoms with Gasteiger partial charge in [-0.3, -0.25) is 10.1 Å². The maximum Gasteiger partial charge on any atom is 0.337 e. The number of halogens is 3. The van der Waals surface area contributed by atoms with Crippen molar-refractivity contribution in [3.8, 4) is 0 Å². The summed E-state index contributed by atoms with van der Waals surface area (Å²) in [5.74, 6) is -2.28. The number of nitro benzene ring substituents is 1. The summed E-state index contributed by atoms with van der Waals surface area (Å²) in [5, 5.41) is 27.5. The second-order valence-electron chi connectivity index (χ2n) is 4.13. The highest BCUT2D eigenvalue weighted by Crippen LogP contribution is 2.25. The maximum atomic E-state index is 10.4. The average Bonchev–Trinajstić information content (AvgIpc) is 2.49. The lowest BCUT2D eigenvalue weighted by atomic mass is 10.2. The summed E-state index contributed by atoms with van der Waals surface area (Å²) in [6.07, 6.45) is 0. The SMILES string of the molecule is O=C(O)c1ccc([N+](=O)[O-])cc1Cl.O=C(O)c1cccc(Cl)c1Cl. The van der Waals surface area contributed by atoms with Crippen LogP contribution in [0.5, 0.6) is 0 Å². The zero-order valence-electron chi connectivity index (χ0n) is 11.6. The van der Waals surface area contributed by atoms with Gasteiger partial charge in [-0.25, -0.2) is 9.59 Å². The number of rotatable bonds is 3. The molecule has 0 aromatic heterocycles. The Balaban J connectivity index is 0.000000243. The predicted molar refractivity (Wildman–Crippen MR) is 88.5 cm³/mol. The fourth-order valence-electron chi connectivity index (χ4n) is 1.46. The molecule has 2 rings (SSSR count). The van der Waals surface area contributed by atoms with Gasteiger partial charge in [-0.15, -0.1) is 0 Å². The van der Waals surface area contributed by atoms with Crippen molar-refractivity contribution in [1.29, 1.82) is 0 Å². The lowest BCUT2D eigenvalue weighted by molar-refractivity contribution is -0.384. The van der Waals surface area contributed by atoms with Gasteiger partial charge in [-0.2, -0.15) is 0 Å². The fraction of sp³-hybridized carbons (Fsp3) is 0. The third-order valence-corrected chi connectivity index (χ3v) is 3.71. The van der Waals surface area contributed by atoms with Gasteiger partial charge in [0.1, 0.15) is 0 Å². The van der Waals surface area contributed by atoms with Crippen molar-refractivity contribution in [3.63, 3.8) is 0 Å². The monoisotopic (exact) mass is 391 g/mol. The molecule has 0 atom stereocenters. The standard InChI is InChI=1S/C7H4Cl2O2.C7H4ClNO4/c8-5-3-1-2-4(6(5)9)7(10)11;8-6-3-4(9(12)13)1-2-5(6)7(10)11/h1-3H,(H,10,11);1-3H,(H,10,11). The van der Waals surface area contributed by atoms with E-state index in [1.807, 2.05) is 0 Å². The van der Waals surface area contributed by atoms with Crippen LogP contribution in [0.25, 0.3) is 0 Å². The molecule has 0 aliphatic heterocycles. The third-order valence-electron chi connectivity index (χ3n) is 2.58. The van der Waals surface area contributed by atoms with Crippen LogP contribution in [0.1, 0.15) is 20.7 Å². The van der Waals surface area contributed by atoms with E-state index in [0.29, 0.717) is 0 Å². The van der Waals surface area contributed by atoms with E-state index in [4.69, 9.17) is 45.0 Å². The second-order valence-corrected chi connectivity index (χ2v) is 5.33. The first-order valence-corrected chi connectivity index (χ1v) is 7.13. The van der Waals surface area contributed by atoms with Crippen molar-refractivity contribution in [2.45, 2.75) is 0 Å². The zero-order chi connectivity index (χ0) is 18.4. The summed E-state index contributed by atoms with van der Waals surface area (Å²) in [4.78, 5) is 30.5. The molecule has 2 aromatic rings. The number of carboxylic acids is 2. The van der Waals surface area contributed by atoms with Crippen molar-refractivity contribution in [3.05, 3.63) is 72.7 Å². The summed E-state index contributed by atoms with van der Waals surface area (Å²) in [6, 6.07) is 7.67. The largest absolute Gasteiger partial charge is 0.478 e. The highest BCUT2D eigenvalue weighted by Gasteiger charge is 2.13. The number of hydrogen-bond acceptors (Lipinski definition) is 4. The van der Waals surface area contributed by atoms with Crippen molar-refractivity contribution in [2.75, 3.05) is 0 Å². The van der Waals surface area contributed by atoms with Crippen LogP contribution in [0, 0.1) is 10.1 Å². The van der Waals surface area contributed by atoms with Crippen LogP contribution in [0.4, 0.5) is 5.69 Å². The van der Waals surface area contributed by atoms with Gasteiger partial charge in [-0.05, 0) is 18.2 Å². The minimum absolute atomic E-state index is 0.0270. The summed E-state index contributed by atoms with van der Waals surface area (Å²) < 4.78 is 0. The highest BCUT2D eigenvalue weighted by molar-refractivity contribution is 6.43. The normalized spacial score (nSPS) is 9.62. The van der Waals surface area contributed by atoms with Crippen LogP contribution < -0.4 is 0 Å². The minimum atomic E-state index is -1.21. The molecule has 0 radical (unpaired) electrons. The van der Waals surface area contributed by atoms with Crippen LogP contribution in [0.15, 0.2) is 36.4 Å². The number of nitrogens with zero attached hydrogens (tertiary/aromatic N) is 1. The molecule has 0 aliphatic rings. The second kappa shape index (κ2) is 8.49. The van der Waals surface area contributed by atoms with E-state index in [1.165, 1.54) is 18.2 Å². The van der Waals surface area contributed by atoms with Gasteiger partial charge >= 0.3 is 11.9 Å². The van der Waals surface area contributed by atoms with E-state index in [1.54, 1.807) is 0 Å². The molecule has 2 N–H and O–H groups in total. The van der Waals surface area contributed by atoms with Crippen LogP contribution in [0.2, 0.25) is 15.1 Å². The fourth-order valence-corrected chi connectivity index (χ4v) is 2.10. The topological polar surface area (TPSA) is 118 Å². The molecule has 7 nitrogen and oxygen atoms in total. The van der Waals surface area contributed by atoms with Crippen molar-refractivity contribution >= 4 is 52.4 Å². The number of aromatic carboxylic acids is 2. The van der Waals surface area contributed by atoms with Gasteiger partial charge in [0.25, 0.3) is 5.69 Å². The van der Waals surface area contributed by atoms with Gasteiger partial charge in [0.2, 0.25) is 0 Å². The Labute approximate surface area is 150 Å². The van der Waals surface area contributed by atoms with Crippen LogP contribution >= 0.6 is 34.8 Å². The van der Waals surface area contributed by atoms with E-state index in [0.717, 1.165) is 18.2 Å². The van der Waals surface area contributed by atoms with Crippen molar-refractivity contribution in [2.24, 2.45) is 0 Å². The molecule has 0 aliphatic carbocycles. The molecule has 24 heavy (non-hydrogen) atoms. The van der Waals surface area contributed by atoms with Crippen molar-refractivity contribution < 1.29 is 24.7 Å². The Morgan fingerprint density at radius 2 is 1.50 bits per heavy atom. The molecule has 0 spiro atoms. The Hall–Kier alpha value is -2.35. The van der Waals surface area contributed by atoms with E-state index in [2.05, 4.69) is 0 Å². The molecule has 0 bridgehead atoms. The summed E-state index contributed by atoms with van der Waals surface area (Å²) in [7, 11) is 0.